The fraction of sp³-hybridized carbons (Fsp3) is 0.462. The van der Waals surface area contributed by atoms with Gasteiger partial charge in [0.2, 0.25) is 0 Å². The average molecular weight is 378 g/mol. The van der Waals surface area contributed by atoms with Crippen molar-refractivity contribution in [3.8, 4) is 0 Å². The number of rotatable bonds is 6. The first kappa shape index (κ1) is 16.0. The van der Waals surface area contributed by atoms with E-state index in [0.29, 0.717) is 0 Å². The highest BCUT2D eigenvalue weighted by Gasteiger charge is 2.21. The molecule has 0 saturated heterocycles. The number of halogens is 2. The molecule has 0 aliphatic carbocycles. The van der Waals surface area contributed by atoms with Gasteiger partial charge in [0.25, 0.3) is 0 Å². The zero-order chi connectivity index (χ0) is 14.7. The number of nitrogens with two attached hydrogens (primary N) is 1. The van der Waals surface area contributed by atoms with Gasteiger partial charge in [-0.05, 0) is 40.7 Å². The van der Waals surface area contributed by atoms with Gasteiger partial charge in [0, 0.05) is 22.3 Å². The van der Waals surface area contributed by atoms with Crippen molar-refractivity contribution < 1.29 is 0 Å². The number of thiophene rings is 1. The minimum absolute atomic E-state index is 0.0218. The van der Waals surface area contributed by atoms with E-state index in [4.69, 9.17) is 17.4 Å². The lowest BCUT2D eigenvalue weighted by molar-refractivity contribution is 0.521. The third-order valence-corrected chi connectivity index (χ3v) is 5.67. The molecule has 0 fully saturated rings. The van der Waals surface area contributed by atoms with Crippen LogP contribution in [0.3, 0.4) is 0 Å². The fourth-order valence-electron chi connectivity index (χ4n) is 2.19. The molecule has 2 rings (SSSR count). The quantitative estimate of drug-likeness (QED) is 0.596. The fourth-order valence-corrected chi connectivity index (χ4v) is 4.24. The van der Waals surface area contributed by atoms with Gasteiger partial charge in [-0.25, -0.2) is 0 Å². The Morgan fingerprint density at radius 1 is 1.55 bits per heavy atom. The molecule has 0 aliphatic heterocycles. The molecule has 20 heavy (non-hydrogen) atoms. The highest BCUT2D eigenvalue weighted by molar-refractivity contribution is 9.10. The molecular weight excluding hydrogens is 360 g/mol. The topological polar surface area (TPSA) is 55.9 Å². The molecule has 1 unspecified atom stereocenters. The summed E-state index contributed by atoms with van der Waals surface area (Å²) in [6, 6.07) is 2.05. The predicted molar refractivity (Wildman–Crippen MR) is 88.1 cm³/mol. The average Bonchev–Trinajstić information content (AvgIpc) is 3.00. The third-order valence-electron chi connectivity index (χ3n) is 3.25. The Hall–Kier alpha value is -0.400. The highest BCUT2D eigenvalue weighted by Crippen LogP contribution is 2.33. The van der Waals surface area contributed by atoms with E-state index in [9.17, 15) is 0 Å². The molecule has 0 amide bonds. The van der Waals surface area contributed by atoms with Crippen molar-refractivity contribution in [3.63, 3.8) is 0 Å². The van der Waals surface area contributed by atoms with E-state index in [-0.39, 0.29) is 6.04 Å². The van der Waals surface area contributed by atoms with Crippen LogP contribution in [-0.4, -0.2) is 9.78 Å². The summed E-state index contributed by atoms with van der Waals surface area (Å²) in [5, 5.41) is 7.35. The molecule has 0 aromatic carbocycles. The lowest BCUT2D eigenvalue weighted by Crippen LogP contribution is -2.30. The van der Waals surface area contributed by atoms with Gasteiger partial charge in [-0.15, -0.1) is 11.3 Å². The summed E-state index contributed by atoms with van der Waals surface area (Å²) in [5.41, 5.74) is 4.87. The van der Waals surface area contributed by atoms with Crippen molar-refractivity contribution in [3.05, 3.63) is 37.2 Å². The molecule has 110 valence electrons. The summed E-state index contributed by atoms with van der Waals surface area (Å²) >= 11 is 11.7. The second kappa shape index (κ2) is 7.04. The first-order chi connectivity index (χ1) is 9.62. The van der Waals surface area contributed by atoms with Crippen LogP contribution in [0.15, 0.2) is 15.9 Å². The number of aromatic nitrogens is 2. The van der Waals surface area contributed by atoms with Gasteiger partial charge in [0.1, 0.15) is 0 Å². The molecule has 0 radical (unpaired) electrons. The van der Waals surface area contributed by atoms with Crippen molar-refractivity contribution >= 4 is 38.9 Å². The lowest BCUT2D eigenvalue weighted by Gasteiger charge is -2.16. The summed E-state index contributed by atoms with van der Waals surface area (Å²) in [4.78, 5) is 1.17. The van der Waals surface area contributed by atoms with E-state index >= 15 is 0 Å². The molecule has 2 aromatic heterocycles. The van der Waals surface area contributed by atoms with E-state index in [1.54, 1.807) is 11.3 Å². The maximum Gasteiger partial charge on any atom is 0.0850 e. The predicted octanol–water partition coefficient (Wildman–Crippen LogP) is 3.69. The van der Waals surface area contributed by atoms with Crippen LogP contribution in [0.4, 0.5) is 0 Å². The summed E-state index contributed by atoms with van der Waals surface area (Å²) in [6.45, 7) is 4.93. The van der Waals surface area contributed by atoms with Crippen LogP contribution < -0.4 is 11.3 Å². The standard InChI is InChI=1S/C13H18BrClN4S/c1-3-9-12(15)11(19(4-2)18-9)7-10(17-16)13-8(14)5-6-20-13/h5-6,10,17H,3-4,7,16H2,1-2H3. The van der Waals surface area contributed by atoms with Crippen molar-refractivity contribution in [2.75, 3.05) is 0 Å². The van der Waals surface area contributed by atoms with Gasteiger partial charge in [0.05, 0.1) is 22.5 Å². The minimum Gasteiger partial charge on any atom is -0.271 e. The molecule has 3 N–H and O–H groups in total. The van der Waals surface area contributed by atoms with Crippen molar-refractivity contribution in [1.29, 1.82) is 0 Å². The third kappa shape index (κ3) is 3.09. The molecule has 0 aliphatic rings. The first-order valence-electron chi connectivity index (χ1n) is 6.55. The van der Waals surface area contributed by atoms with Crippen LogP contribution in [-0.2, 0) is 19.4 Å². The maximum absolute atomic E-state index is 6.45. The molecule has 4 nitrogen and oxygen atoms in total. The summed E-state index contributed by atoms with van der Waals surface area (Å²) < 4.78 is 3.03. The Morgan fingerprint density at radius 2 is 2.30 bits per heavy atom. The number of hydrogen-bond acceptors (Lipinski definition) is 4. The van der Waals surface area contributed by atoms with Gasteiger partial charge >= 0.3 is 0 Å². The Morgan fingerprint density at radius 3 is 2.80 bits per heavy atom. The van der Waals surface area contributed by atoms with Crippen LogP contribution in [0.25, 0.3) is 0 Å². The maximum atomic E-state index is 6.45. The number of hydrazine groups is 1. The monoisotopic (exact) mass is 376 g/mol. The molecular formula is C13H18BrClN4S. The van der Waals surface area contributed by atoms with Crippen molar-refractivity contribution in [2.24, 2.45) is 5.84 Å². The second-order valence-electron chi connectivity index (χ2n) is 4.43. The summed E-state index contributed by atoms with van der Waals surface area (Å²) in [5.74, 6) is 5.72. The zero-order valence-corrected chi connectivity index (χ0v) is 14.6. The summed E-state index contributed by atoms with van der Waals surface area (Å²) in [7, 11) is 0. The molecule has 0 saturated carbocycles. The smallest absolute Gasteiger partial charge is 0.0850 e. The van der Waals surface area contributed by atoms with Crippen LogP contribution in [0.2, 0.25) is 5.02 Å². The molecule has 0 bridgehead atoms. The van der Waals surface area contributed by atoms with Crippen molar-refractivity contribution in [2.45, 2.75) is 39.3 Å². The van der Waals surface area contributed by atoms with E-state index in [0.717, 1.165) is 40.3 Å². The Labute approximate surface area is 136 Å². The minimum atomic E-state index is 0.0218. The molecule has 0 spiro atoms. The molecule has 1 atom stereocenters. The Balaban J connectivity index is 2.32. The largest absolute Gasteiger partial charge is 0.271 e. The van der Waals surface area contributed by atoms with E-state index in [1.807, 2.05) is 16.1 Å². The molecule has 2 aromatic rings. The van der Waals surface area contributed by atoms with E-state index in [1.165, 1.54) is 4.88 Å². The number of hydrogen-bond donors (Lipinski definition) is 2. The molecule has 2 heterocycles. The van der Waals surface area contributed by atoms with Crippen LogP contribution in [0.5, 0.6) is 0 Å². The number of nitrogens with zero attached hydrogens (tertiary/aromatic N) is 2. The van der Waals surface area contributed by atoms with Crippen LogP contribution in [0, 0.1) is 0 Å². The SMILES string of the molecule is CCc1nn(CC)c(CC(NN)c2sccc2Br)c1Cl. The van der Waals surface area contributed by atoms with Gasteiger partial charge in [-0.3, -0.25) is 16.0 Å². The van der Waals surface area contributed by atoms with Gasteiger partial charge in [-0.2, -0.15) is 5.10 Å². The molecule has 7 heteroatoms. The van der Waals surface area contributed by atoms with Gasteiger partial charge in [0.15, 0.2) is 0 Å². The van der Waals surface area contributed by atoms with E-state index in [2.05, 4.69) is 40.3 Å². The number of nitrogens with one attached hydrogen (secondary N) is 1. The first-order valence-corrected chi connectivity index (χ1v) is 8.60. The van der Waals surface area contributed by atoms with E-state index < -0.39 is 0 Å². The lowest BCUT2D eigenvalue weighted by atomic mass is 10.1. The second-order valence-corrected chi connectivity index (χ2v) is 6.61. The van der Waals surface area contributed by atoms with Crippen LogP contribution in [0.1, 0.15) is 36.2 Å². The highest BCUT2D eigenvalue weighted by atomic mass is 79.9. The van der Waals surface area contributed by atoms with Gasteiger partial charge < -0.3 is 0 Å². The normalized spacial score (nSPS) is 12.8. The zero-order valence-electron chi connectivity index (χ0n) is 11.5. The van der Waals surface area contributed by atoms with Crippen LogP contribution >= 0.6 is 38.9 Å². The van der Waals surface area contributed by atoms with Crippen molar-refractivity contribution in [1.82, 2.24) is 15.2 Å². The Bertz CT molecular complexity index is 581. The summed E-state index contributed by atoms with van der Waals surface area (Å²) in [6.07, 6.45) is 1.55. The Kier molecular flexibility index (Phi) is 5.63. The van der Waals surface area contributed by atoms with Gasteiger partial charge in [-0.1, -0.05) is 18.5 Å². The number of aryl methyl sites for hydroxylation is 2.